The quantitative estimate of drug-likeness (QED) is 0.721. The van der Waals surface area contributed by atoms with Gasteiger partial charge >= 0.3 is 6.01 Å². The number of anilines is 1. The fraction of sp³-hybridized carbons (Fsp3) is 0.800. The third-order valence-electron chi connectivity index (χ3n) is 2.16. The molecule has 0 aliphatic heterocycles. The van der Waals surface area contributed by atoms with E-state index in [1.165, 1.54) is 12.8 Å². The number of aromatic nitrogens is 2. The van der Waals surface area contributed by atoms with Gasteiger partial charge in [-0.25, -0.2) is 0 Å². The SMILES string of the molecule is CCCCC(C)Nc1nnc(CNC)o1. The molecule has 1 atom stereocenters. The molecule has 0 amide bonds. The largest absolute Gasteiger partial charge is 0.407 e. The van der Waals surface area contributed by atoms with E-state index in [-0.39, 0.29) is 0 Å². The van der Waals surface area contributed by atoms with E-state index in [1.807, 2.05) is 7.05 Å². The molecule has 86 valence electrons. The van der Waals surface area contributed by atoms with Crippen LogP contribution in [0.25, 0.3) is 0 Å². The Labute approximate surface area is 90.7 Å². The van der Waals surface area contributed by atoms with Gasteiger partial charge in [0, 0.05) is 6.04 Å². The molecule has 0 aromatic carbocycles. The van der Waals surface area contributed by atoms with E-state index < -0.39 is 0 Å². The molecule has 5 heteroatoms. The van der Waals surface area contributed by atoms with Crippen molar-refractivity contribution in [2.45, 2.75) is 45.7 Å². The molecular weight excluding hydrogens is 192 g/mol. The van der Waals surface area contributed by atoms with Crippen LogP contribution >= 0.6 is 0 Å². The Morgan fingerprint density at radius 3 is 2.87 bits per heavy atom. The third kappa shape index (κ3) is 4.29. The van der Waals surface area contributed by atoms with Gasteiger partial charge in [-0.05, 0) is 20.4 Å². The van der Waals surface area contributed by atoms with Crippen molar-refractivity contribution in [1.82, 2.24) is 15.5 Å². The van der Waals surface area contributed by atoms with Gasteiger partial charge in [0.05, 0.1) is 6.54 Å². The van der Waals surface area contributed by atoms with Crippen molar-refractivity contribution >= 4 is 6.01 Å². The first-order chi connectivity index (χ1) is 7.26. The summed E-state index contributed by atoms with van der Waals surface area (Å²) < 4.78 is 5.38. The summed E-state index contributed by atoms with van der Waals surface area (Å²) in [6.45, 7) is 4.92. The Hall–Kier alpha value is -1.10. The highest BCUT2D eigenvalue weighted by atomic mass is 16.4. The van der Waals surface area contributed by atoms with E-state index in [2.05, 4.69) is 34.7 Å². The van der Waals surface area contributed by atoms with Gasteiger partial charge in [0.25, 0.3) is 0 Å². The van der Waals surface area contributed by atoms with Crippen LogP contribution < -0.4 is 10.6 Å². The molecule has 1 aromatic rings. The van der Waals surface area contributed by atoms with Crippen molar-refractivity contribution < 1.29 is 4.42 Å². The lowest BCUT2D eigenvalue weighted by atomic mass is 10.1. The van der Waals surface area contributed by atoms with Crippen molar-refractivity contribution in [2.24, 2.45) is 0 Å². The summed E-state index contributed by atoms with van der Waals surface area (Å²) in [5.41, 5.74) is 0. The number of rotatable bonds is 7. The minimum Gasteiger partial charge on any atom is -0.407 e. The summed E-state index contributed by atoms with van der Waals surface area (Å²) in [7, 11) is 1.85. The van der Waals surface area contributed by atoms with Crippen molar-refractivity contribution in [2.75, 3.05) is 12.4 Å². The summed E-state index contributed by atoms with van der Waals surface area (Å²) in [5, 5.41) is 14.0. The van der Waals surface area contributed by atoms with Gasteiger partial charge in [-0.2, -0.15) is 0 Å². The molecule has 0 saturated heterocycles. The second-order valence-corrected chi connectivity index (χ2v) is 3.72. The normalized spacial score (nSPS) is 12.7. The van der Waals surface area contributed by atoms with Gasteiger partial charge in [-0.1, -0.05) is 24.9 Å². The molecule has 1 unspecified atom stereocenters. The summed E-state index contributed by atoms with van der Waals surface area (Å²) in [4.78, 5) is 0. The lowest BCUT2D eigenvalue weighted by Gasteiger charge is -2.10. The number of unbranched alkanes of at least 4 members (excludes halogenated alkanes) is 1. The second-order valence-electron chi connectivity index (χ2n) is 3.72. The lowest BCUT2D eigenvalue weighted by molar-refractivity contribution is 0.482. The highest BCUT2D eigenvalue weighted by molar-refractivity contribution is 5.18. The Morgan fingerprint density at radius 2 is 2.20 bits per heavy atom. The monoisotopic (exact) mass is 212 g/mol. The van der Waals surface area contributed by atoms with Crippen LogP contribution in [-0.4, -0.2) is 23.3 Å². The minimum atomic E-state index is 0.382. The molecule has 0 radical (unpaired) electrons. The third-order valence-corrected chi connectivity index (χ3v) is 2.16. The number of nitrogens with one attached hydrogen (secondary N) is 2. The predicted molar refractivity (Wildman–Crippen MR) is 59.7 cm³/mol. The zero-order valence-electron chi connectivity index (χ0n) is 9.71. The van der Waals surface area contributed by atoms with Gasteiger partial charge in [0.2, 0.25) is 5.89 Å². The topological polar surface area (TPSA) is 63.0 Å². The smallest absolute Gasteiger partial charge is 0.315 e. The highest BCUT2D eigenvalue weighted by Crippen LogP contribution is 2.09. The van der Waals surface area contributed by atoms with Crippen molar-refractivity contribution in [1.29, 1.82) is 0 Å². The summed E-state index contributed by atoms with van der Waals surface area (Å²) >= 11 is 0. The molecule has 0 fully saturated rings. The van der Waals surface area contributed by atoms with Crippen molar-refractivity contribution in [3.8, 4) is 0 Å². The Morgan fingerprint density at radius 1 is 1.40 bits per heavy atom. The molecule has 0 spiro atoms. The molecule has 1 rings (SSSR count). The van der Waals surface area contributed by atoms with Crippen LogP contribution in [0.2, 0.25) is 0 Å². The molecule has 0 saturated carbocycles. The summed E-state index contributed by atoms with van der Waals surface area (Å²) in [6, 6.07) is 0.900. The fourth-order valence-corrected chi connectivity index (χ4v) is 1.33. The van der Waals surface area contributed by atoms with Gasteiger partial charge in [-0.3, -0.25) is 0 Å². The molecule has 5 nitrogen and oxygen atoms in total. The number of nitrogens with zero attached hydrogens (tertiary/aromatic N) is 2. The molecule has 0 bridgehead atoms. The highest BCUT2D eigenvalue weighted by Gasteiger charge is 2.07. The Bertz CT molecular complexity index is 274. The van der Waals surface area contributed by atoms with Crippen LogP contribution in [0.4, 0.5) is 6.01 Å². The maximum absolute atomic E-state index is 5.38. The predicted octanol–water partition coefficient (Wildman–Crippen LogP) is 1.78. The second kappa shape index (κ2) is 6.40. The van der Waals surface area contributed by atoms with E-state index in [0.29, 0.717) is 24.5 Å². The molecular formula is C10H20N4O. The average Bonchev–Trinajstić information content (AvgIpc) is 2.63. The van der Waals surface area contributed by atoms with Crippen LogP contribution in [0.15, 0.2) is 4.42 Å². The van der Waals surface area contributed by atoms with Gasteiger partial charge < -0.3 is 15.1 Å². The zero-order valence-corrected chi connectivity index (χ0v) is 9.71. The molecule has 1 aromatic heterocycles. The fourth-order valence-electron chi connectivity index (χ4n) is 1.33. The zero-order chi connectivity index (χ0) is 11.1. The minimum absolute atomic E-state index is 0.382. The van der Waals surface area contributed by atoms with E-state index in [0.717, 1.165) is 6.42 Å². The van der Waals surface area contributed by atoms with Gasteiger partial charge in [0.15, 0.2) is 0 Å². The van der Waals surface area contributed by atoms with E-state index >= 15 is 0 Å². The Kier molecular flexibility index (Phi) is 5.10. The molecule has 1 heterocycles. The molecule has 15 heavy (non-hydrogen) atoms. The van der Waals surface area contributed by atoms with Crippen LogP contribution in [0.3, 0.4) is 0 Å². The van der Waals surface area contributed by atoms with Crippen LogP contribution in [-0.2, 0) is 6.54 Å². The number of hydrogen-bond acceptors (Lipinski definition) is 5. The first-order valence-electron chi connectivity index (χ1n) is 5.49. The van der Waals surface area contributed by atoms with Crippen molar-refractivity contribution in [3.05, 3.63) is 5.89 Å². The maximum atomic E-state index is 5.38. The van der Waals surface area contributed by atoms with E-state index in [4.69, 9.17) is 4.42 Å². The van der Waals surface area contributed by atoms with E-state index in [9.17, 15) is 0 Å². The standard InChI is InChI=1S/C10H20N4O/c1-4-5-6-8(2)12-10-14-13-9(15-10)7-11-3/h8,11H,4-7H2,1-3H3,(H,12,14). The molecule has 2 N–H and O–H groups in total. The van der Waals surface area contributed by atoms with Crippen LogP contribution in [0.5, 0.6) is 0 Å². The van der Waals surface area contributed by atoms with Crippen LogP contribution in [0, 0.1) is 0 Å². The van der Waals surface area contributed by atoms with E-state index in [1.54, 1.807) is 0 Å². The Balaban J connectivity index is 2.35. The first kappa shape index (κ1) is 12.0. The lowest BCUT2D eigenvalue weighted by Crippen LogP contribution is -2.14. The van der Waals surface area contributed by atoms with Gasteiger partial charge in [-0.15, -0.1) is 5.10 Å². The molecule has 0 aliphatic rings. The number of hydrogen-bond donors (Lipinski definition) is 2. The van der Waals surface area contributed by atoms with Crippen molar-refractivity contribution in [3.63, 3.8) is 0 Å². The molecule has 0 aliphatic carbocycles. The maximum Gasteiger partial charge on any atom is 0.315 e. The summed E-state index contributed by atoms with van der Waals surface area (Å²) in [6.07, 6.45) is 3.55. The summed E-state index contributed by atoms with van der Waals surface area (Å²) in [5.74, 6) is 0.614. The van der Waals surface area contributed by atoms with Gasteiger partial charge in [0.1, 0.15) is 0 Å². The van der Waals surface area contributed by atoms with Crippen LogP contribution in [0.1, 0.15) is 39.0 Å². The first-order valence-corrected chi connectivity index (χ1v) is 5.49. The average molecular weight is 212 g/mol.